The lowest BCUT2D eigenvalue weighted by Crippen LogP contribution is -2.41. The number of likely N-dealkylation sites (N-methyl/N-ethyl adjacent to an activating group) is 1. The number of carbonyl (C=O) groups excluding carboxylic acids is 1. The predicted octanol–water partition coefficient (Wildman–Crippen LogP) is 1.16. The van der Waals surface area contributed by atoms with Crippen LogP contribution in [0.25, 0.3) is 0 Å². The van der Waals surface area contributed by atoms with Gasteiger partial charge in [0.25, 0.3) is 0 Å². The number of rotatable bonds is 16. The van der Waals surface area contributed by atoms with Crippen LogP contribution in [0.4, 0.5) is 4.39 Å². The number of hydrogen-bond donors (Lipinski definition) is 2. The van der Waals surface area contributed by atoms with Gasteiger partial charge in [0, 0.05) is 12.0 Å². The SMILES string of the molecule is CNCCOCCOCCOCCOC(C)C(F)CNC(=O)C(C)(C)C. The van der Waals surface area contributed by atoms with Gasteiger partial charge in [-0.1, -0.05) is 20.8 Å². The Kier molecular flexibility index (Phi) is 14.8. The molecule has 0 radical (unpaired) electrons. The molecule has 2 unspecified atom stereocenters. The maximum absolute atomic E-state index is 14.0. The molecule has 0 saturated heterocycles. The van der Waals surface area contributed by atoms with Gasteiger partial charge in [-0.15, -0.1) is 0 Å². The molecular weight excluding hydrogens is 343 g/mol. The molecule has 0 saturated carbocycles. The highest BCUT2D eigenvalue weighted by Crippen LogP contribution is 2.12. The Morgan fingerprint density at radius 1 is 0.962 bits per heavy atom. The molecule has 26 heavy (non-hydrogen) atoms. The summed E-state index contributed by atoms with van der Waals surface area (Å²) in [5.74, 6) is -0.178. The summed E-state index contributed by atoms with van der Waals surface area (Å²) in [6.45, 7) is 11.1. The Hall–Kier alpha value is -0.800. The predicted molar refractivity (Wildman–Crippen MR) is 99.2 cm³/mol. The summed E-state index contributed by atoms with van der Waals surface area (Å²) in [7, 11) is 1.88. The van der Waals surface area contributed by atoms with Crippen LogP contribution in [0.15, 0.2) is 0 Å². The first-order valence-corrected chi connectivity index (χ1v) is 9.20. The van der Waals surface area contributed by atoms with Crippen molar-refractivity contribution in [3.63, 3.8) is 0 Å². The van der Waals surface area contributed by atoms with Crippen molar-refractivity contribution < 1.29 is 28.1 Å². The summed E-state index contributed by atoms with van der Waals surface area (Å²) >= 11 is 0. The minimum absolute atomic E-state index is 0.0532. The van der Waals surface area contributed by atoms with E-state index in [-0.39, 0.29) is 12.5 Å². The Balaban J connectivity index is 3.48. The first-order chi connectivity index (χ1) is 12.3. The highest BCUT2D eigenvalue weighted by molar-refractivity contribution is 5.81. The van der Waals surface area contributed by atoms with Gasteiger partial charge in [0.2, 0.25) is 5.91 Å². The summed E-state index contributed by atoms with van der Waals surface area (Å²) in [6, 6.07) is 0. The van der Waals surface area contributed by atoms with Gasteiger partial charge >= 0.3 is 0 Å². The highest BCUT2D eigenvalue weighted by atomic mass is 19.1. The number of amides is 1. The zero-order valence-corrected chi connectivity index (χ0v) is 16.9. The van der Waals surface area contributed by atoms with Gasteiger partial charge in [0.05, 0.1) is 58.9 Å². The molecule has 8 heteroatoms. The van der Waals surface area contributed by atoms with E-state index in [4.69, 9.17) is 18.9 Å². The quantitative estimate of drug-likeness (QED) is 0.391. The maximum Gasteiger partial charge on any atom is 0.225 e. The molecule has 0 spiro atoms. The lowest BCUT2D eigenvalue weighted by Gasteiger charge is -2.21. The zero-order chi connectivity index (χ0) is 19.8. The molecular formula is C18H37FN2O5. The fourth-order valence-electron chi connectivity index (χ4n) is 1.73. The van der Waals surface area contributed by atoms with Crippen LogP contribution < -0.4 is 10.6 Å². The van der Waals surface area contributed by atoms with Crippen molar-refractivity contribution in [2.24, 2.45) is 5.41 Å². The third kappa shape index (κ3) is 14.4. The number of ether oxygens (including phenoxy) is 4. The van der Waals surface area contributed by atoms with Crippen molar-refractivity contribution in [1.82, 2.24) is 10.6 Å². The molecule has 0 aliphatic heterocycles. The van der Waals surface area contributed by atoms with Crippen LogP contribution in [-0.4, -0.2) is 84.6 Å². The van der Waals surface area contributed by atoms with Crippen molar-refractivity contribution in [2.75, 3.05) is 66.4 Å². The Morgan fingerprint density at radius 2 is 1.46 bits per heavy atom. The second kappa shape index (κ2) is 15.3. The molecule has 0 rings (SSSR count). The van der Waals surface area contributed by atoms with Crippen molar-refractivity contribution in [3.05, 3.63) is 0 Å². The van der Waals surface area contributed by atoms with Gasteiger partial charge in [-0.2, -0.15) is 0 Å². The largest absolute Gasteiger partial charge is 0.378 e. The molecule has 0 heterocycles. The standard InChI is InChI=1S/C18H37FN2O5/c1-15(16(19)14-21-17(22)18(2,3)4)26-13-12-25-11-10-24-9-8-23-7-6-20-5/h15-16,20H,6-14H2,1-5H3,(H,21,22). The summed E-state index contributed by atoms with van der Waals surface area (Å²) < 4.78 is 35.4. The number of carbonyl (C=O) groups is 1. The second-order valence-electron chi connectivity index (χ2n) is 6.99. The number of alkyl halides is 1. The molecule has 0 fully saturated rings. The molecule has 2 N–H and O–H groups in total. The Morgan fingerprint density at radius 3 is 1.96 bits per heavy atom. The number of halogens is 1. The third-order valence-corrected chi connectivity index (χ3v) is 3.50. The topological polar surface area (TPSA) is 78.1 Å². The Bertz CT molecular complexity index is 353. The molecule has 0 aliphatic carbocycles. The van der Waals surface area contributed by atoms with E-state index < -0.39 is 17.7 Å². The minimum Gasteiger partial charge on any atom is -0.378 e. The average molecular weight is 381 g/mol. The average Bonchev–Trinajstić information content (AvgIpc) is 2.59. The van der Waals surface area contributed by atoms with Crippen molar-refractivity contribution >= 4 is 5.91 Å². The third-order valence-electron chi connectivity index (χ3n) is 3.50. The summed E-state index contributed by atoms with van der Waals surface area (Å²) in [4.78, 5) is 11.7. The van der Waals surface area contributed by atoms with Crippen LogP contribution in [0, 0.1) is 5.41 Å². The summed E-state index contributed by atoms with van der Waals surface area (Å²) in [5, 5.41) is 5.59. The van der Waals surface area contributed by atoms with Gasteiger partial charge in [0.1, 0.15) is 6.17 Å². The van der Waals surface area contributed by atoms with Gasteiger partial charge < -0.3 is 29.6 Å². The fourth-order valence-corrected chi connectivity index (χ4v) is 1.73. The van der Waals surface area contributed by atoms with E-state index in [1.807, 2.05) is 7.05 Å². The van der Waals surface area contributed by atoms with Crippen LogP contribution in [0.5, 0.6) is 0 Å². The van der Waals surface area contributed by atoms with Gasteiger partial charge in [-0.25, -0.2) is 4.39 Å². The first kappa shape index (κ1) is 25.2. The van der Waals surface area contributed by atoms with E-state index in [0.717, 1.165) is 6.54 Å². The van der Waals surface area contributed by atoms with E-state index in [1.54, 1.807) is 27.7 Å². The normalized spacial score (nSPS) is 14.2. The first-order valence-electron chi connectivity index (χ1n) is 9.20. The summed E-state index contributed by atoms with van der Waals surface area (Å²) in [5.41, 5.74) is -0.529. The smallest absolute Gasteiger partial charge is 0.225 e. The maximum atomic E-state index is 14.0. The molecule has 0 bridgehead atoms. The van der Waals surface area contributed by atoms with Crippen LogP contribution in [-0.2, 0) is 23.7 Å². The lowest BCUT2D eigenvalue weighted by molar-refractivity contribution is -0.129. The monoisotopic (exact) mass is 380 g/mol. The van der Waals surface area contributed by atoms with Crippen LogP contribution in [0.3, 0.4) is 0 Å². The molecule has 1 amide bonds. The van der Waals surface area contributed by atoms with Crippen LogP contribution in [0.2, 0.25) is 0 Å². The van der Waals surface area contributed by atoms with Crippen LogP contribution in [0.1, 0.15) is 27.7 Å². The molecule has 156 valence electrons. The molecule has 2 atom stereocenters. The van der Waals surface area contributed by atoms with Crippen LogP contribution >= 0.6 is 0 Å². The molecule has 0 aliphatic rings. The van der Waals surface area contributed by atoms with E-state index >= 15 is 0 Å². The molecule has 0 aromatic carbocycles. The Labute approximate surface area is 157 Å². The van der Waals surface area contributed by atoms with Gasteiger partial charge in [0.15, 0.2) is 0 Å². The van der Waals surface area contributed by atoms with Crippen molar-refractivity contribution in [1.29, 1.82) is 0 Å². The van der Waals surface area contributed by atoms with Gasteiger partial charge in [-0.3, -0.25) is 4.79 Å². The summed E-state index contributed by atoms with van der Waals surface area (Å²) in [6.07, 6.45) is -1.86. The molecule has 0 aromatic rings. The highest BCUT2D eigenvalue weighted by Gasteiger charge is 2.23. The van der Waals surface area contributed by atoms with E-state index in [9.17, 15) is 9.18 Å². The van der Waals surface area contributed by atoms with E-state index in [2.05, 4.69) is 10.6 Å². The minimum atomic E-state index is -1.26. The zero-order valence-electron chi connectivity index (χ0n) is 16.9. The van der Waals surface area contributed by atoms with E-state index in [0.29, 0.717) is 46.2 Å². The second-order valence-corrected chi connectivity index (χ2v) is 6.99. The lowest BCUT2D eigenvalue weighted by atomic mass is 9.95. The fraction of sp³-hybridized carbons (Fsp3) is 0.944. The van der Waals surface area contributed by atoms with Crippen molar-refractivity contribution in [2.45, 2.75) is 40.0 Å². The number of hydrogen-bond acceptors (Lipinski definition) is 6. The van der Waals surface area contributed by atoms with Gasteiger partial charge in [-0.05, 0) is 14.0 Å². The van der Waals surface area contributed by atoms with Crippen molar-refractivity contribution in [3.8, 4) is 0 Å². The molecule has 7 nitrogen and oxygen atoms in total. The van der Waals surface area contributed by atoms with E-state index in [1.165, 1.54) is 0 Å². The number of nitrogens with one attached hydrogen (secondary N) is 2. The molecule has 0 aromatic heterocycles.